The van der Waals surface area contributed by atoms with E-state index in [2.05, 4.69) is 25.6 Å². The molecule has 1 aromatic carbocycles. The first-order valence-electron chi connectivity index (χ1n) is 6.44. The van der Waals surface area contributed by atoms with Gasteiger partial charge in [-0.1, -0.05) is 24.3 Å². The lowest BCUT2D eigenvalue weighted by molar-refractivity contribution is 1.17. The fraction of sp³-hybridized carbons (Fsp3) is 0. The molecule has 2 heterocycles. The number of nitrogens with one attached hydrogen (secondary N) is 2. The number of aromatic nitrogens is 3. The van der Waals surface area contributed by atoms with E-state index in [1.54, 1.807) is 12.3 Å². The van der Waals surface area contributed by atoms with Crippen LogP contribution in [0.25, 0.3) is 0 Å². The van der Waals surface area contributed by atoms with Gasteiger partial charge < -0.3 is 16.4 Å². The highest BCUT2D eigenvalue weighted by Gasteiger charge is 2.03. The van der Waals surface area contributed by atoms with Gasteiger partial charge >= 0.3 is 0 Å². The minimum Gasteiger partial charge on any atom is -0.368 e. The zero-order chi connectivity index (χ0) is 14.5. The summed E-state index contributed by atoms with van der Waals surface area (Å²) < 4.78 is 0. The van der Waals surface area contributed by atoms with Crippen LogP contribution < -0.4 is 16.4 Å². The second-order valence-electron chi connectivity index (χ2n) is 4.33. The van der Waals surface area contributed by atoms with Gasteiger partial charge in [0.15, 0.2) is 0 Å². The lowest BCUT2D eigenvalue weighted by Gasteiger charge is -2.09. The molecular formula is C15H14N6. The zero-order valence-corrected chi connectivity index (χ0v) is 11.2. The fourth-order valence-corrected chi connectivity index (χ4v) is 1.83. The van der Waals surface area contributed by atoms with Gasteiger partial charge in [0.25, 0.3) is 0 Å². The summed E-state index contributed by atoms with van der Waals surface area (Å²) in [5.41, 5.74) is 6.67. The van der Waals surface area contributed by atoms with Crippen LogP contribution in [0.1, 0.15) is 0 Å². The van der Waals surface area contributed by atoms with Crippen molar-refractivity contribution in [1.82, 2.24) is 15.0 Å². The Morgan fingerprint density at radius 1 is 0.762 bits per heavy atom. The van der Waals surface area contributed by atoms with Gasteiger partial charge in [-0.05, 0) is 24.3 Å². The third-order valence-electron chi connectivity index (χ3n) is 2.71. The molecule has 0 unspecified atom stereocenters. The van der Waals surface area contributed by atoms with E-state index in [0.29, 0.717) is 17.5 Å². The third kappa shape index (κ3) is 3.44. The minimum absolute atomic E-state index is 0.189. The maximum Gasteiger partial charge on any atom is 0.223 e. The number of nitrogens with two attached hydrogens (primary N) is 1. The van der Waals surface area contributed by atoms with Crippen LogP contribution in [0, 0.1) is 0 Å². The van der Waals surface area contributed by atoms with Crippen molar-refractivity contribution in [3.8, 4) is 0 Å². The maximum absolute atomic E-state index is 5.74. The molecule has 21 heavy (non-hydrogen) atoms. The lowest BCUT2D eigenvalue weighted by Crippen LogP contribution is -2.04. The van der Waals surface area contributed by atoms with Crippen molar-refractivity contribution in [2.75, 3.05) is 16.4 Å². The lowest BCUT2D eigenvalue weighted by atomic mass is 10.3. The summed E-state index contributed by atoms with van der Waals surface area (Å²) in [5.74, 6) is 2.09. The molecule has 104 valence electrons. The van der Waals surface area contributed by atoms with Gasteiger partial charge in [-0.15, -0.1) is 0 Å². The number of benzene rings is 1. The van der Waals surface area contributed by atoms with E-state index in [1.165, 1.54) is 0 Å². The average Bonchev–Trinajstić information content (AvgIpc) is 2.48. The van der Waals surface area contributed by atoms with Crippen LogP contribution in [-0.2, 0) is 0 Å². The summed E-state index contributed by atoms with van der Waals surface area (Å²) in [4.78, 5) is 12.5. The van der Waals surface area contributed by atoms with Gasteiger partial charge in [0.1, 0.15) is 17.5 Å². The maximum atomic E-state index is 5.74. The van der Waals surface area contributed by atoms with Crippen LogP contribution in [0.4, 0.5) is 29.1 Å². The smallest absolute Gasteiger partial charge is 0.223 e. The van der Waals surface area contributed by atoms with Crippen LogP contribution in [0.5, 0.6) is 0 Å². The van der Waals surface area contributed by atoms with Crippen molar-refractivity contribution >= 4 is 29.1 Å². The monoisotopic (exact) mass is 278 g/mol. The van der Waals surface area contributed by atoms with E-state index >= 15 is 0 Å². The quantitative estimate of drug-likeness (QED) is 0.680. The number of nitrogen functional groups attached to an aromatic ring is 1. The van der Waals surface area contributed by atoms with Crippen molar-refractivity contribution in [3.63, 3.8) is 0 Å². The second-order valence-corrected chi connectivity index (χ2v) is 4.33. The highest BCUT2D eigenvalue weighted by Crippen LogP contribution is 2.19. The van der Waals surface area contributed by atoms with Crippen LogP contribution in [0.3, 0.4) is 0 Å². The molecule has 6 heteroatoms. The Balaban J connectivity index is 1.83. The molecule has 0 aliphatic carbocycles. The molecule has 6 nitrogen and oxygen atoms in total. The molecule has 0 saturated heterocycles. The molecular weight excluding hydrogens is 264 g/mol. The summed E-state index contributed by atoms with van der Waals surface area (Å²) in [5, 5.41) is 6.27. The molecule has 0 saturated carbocycles. The van der Waals surface area contributed by atoms with Crippen LogP contribution in [0.15, 0.2) is 60.8 Å². The molecule has 0 atom stereocenters. The predicted molar refractivity (Wildman–Crippen MR) is 83.7 cm³/mol. The van der Waals surface area contributed by atoms with E-state index in [1.807, 2.05) is 48.5 Å². The Hall–Kier alpha value is -3.15. The Morgan fingerprint density at radius 2 is 1.48 bits per heavy atom. The van der Waals surface area contributed by atoms with Crippen LogP contribution >= 0.6 is 0 Å². The number of pyridine rings is 1. The summed E-state index contributed by atoms with van der Waals surface area (Å²) in [6, 6.07) is 17.1. The molecule has 4 N–H and O–H groups in total. The molecule has 3 aromatic rings. The van der Waals surface area contributed by atoms with Gasteiger partial charge in [-0.2, -0.15) is 9.97 Å². The molecule has 0 fully saturated rings. The van der Waals surface area contributed by atoms with Crippen molar-refractivity contribution in [2.24, 2.45) is 0 Å². The van der Waals surface area contributed by atoms with Crippen LogP contribution in [-0.4, -0.2) is 15.0 Å². The third-order valence-corrected chi connectivity index (χ3v) is 2.71. The Labute approximate surface area is 122 Å². The van der Waals surface area contributed by atoms with Gasteiger partial charge in [-0.25, -0.2) is 4.98 Å². The predicted octanol–water partition coefficient (Wildman–Crippen LogP) is 2.94. The number of rotatable bonds is 4. The summed E-state index contributed by atoms with van der Waals surface area (Å²) >= 11 is 0. The molecule has 0 aliphatic rings. The highest BCUT2D eigenvalue weighted by atomic mass is 15.1. The first-order chi connectivity index (χ1) is 10.3. The normalized spacial score (nSPS) is 10.1. The van der Waals surface area contributed by atoms with E-state index in [9.17, 15) is 0 Å². The van der Waals surface area contributed by atoms with E-state index in [4.69, 9.17) is 5.73 Å². The number of nitrogens with zero attached hydrogens (tertiary/aromatic N) is 3. The average molecular weight is 278 g/mol. The SMILES string of the molecule is Nc1nc(Nc2ccccc2)cc(Nc2ccccn2)n1. The van der Waals surface area contributed by atoms with Gasteiger partial charge in [0.2, 0.25) is 5.95 Å². The first kappa shape index (κ1) is 12.9. The fourth-order valence-electron chi connectivity index (χ4n) is 1.83. The standard InChI is InChI=1S/C15H14N6/c16-15-20-13(18-11-6-2-1-3-7-11)10-14(21-15)19-12-8-4-5-9-17-12/h1-10H,(H4,16,17,18,19,20,21). The van der Waals surface area contributed by atoms with Crippen molar-refractivity contribution in [3.05, 3.63) is 60.8 Å². The van der Waals surface area contributed by atoms with Crippen molar-refractivity contribution < 1.29 is 0 Å². The highest BCUT2D eigenvalue weighted by molar-refractivity contribution is 5.63. The summed E-state index contributed by atoms with van der Waals surface area (Å²) in [6.07, 6.45) is 1.70. The van der Waals surface area contributed by atoms with Gasteiger partial charge in [0, 0.05) is 18.0 Å². The summed E-state index contributed by atoms with van der Waals surface area (Å²) in [7, 11) is 0. The Bertz CT molecular complexity index is 655. The van der Waals surface area contributed by atoms with E-state index < -0.39 is 0 Å². The Kier molecular flexibility index (Phi) is 3.60. The molecule has 3 rings (SSSR count). The van der Waals surface area contributed by atoms with Crippen molar-refractivity contribution in [1.29, 1.82) is 0 Å². The minimum atomic E-state index is 0.189. The van der Waals surface area contributed by atoms with E-state index in [0.717, 1.165) is 5.69 Å². The molecule has 0 aliphatic heterocycles. The first-order valence-corrected chi connectivity index (χ1v) is 6.44. The number of para-hydroxylation sites is 1. The molecule has 2 aromatic heterocycles. The second kappa shape index (κ2) is 5.87. The Morgan fingerprint density at radius 3 is 2.19 bits per heavy atom. The molecule has 0 amide bonds. The van der Waals surface area contributed by atoms with E-state index in [-0.39, 0.29) is 5.95 Å². The number of anilines is 5. The molecule has 0 spiro atoms. The van der Waals surface area contributed by atoms with Gasteiger partial charge in [0.05, 0.1) is 0 Å². The molecule has 0 bridgehead atoms. The zero-order valence-electron chi connectivity index (χ0n) is 11.2. The van der Waals surface area contributed by atoms with Crippen molar-refractivity contribution in [2.45, 2.75) is 0 Å². The topological polar surface area (TPSA) is 88.8 Å². The molecule has 0 radical (unpaired) electrons. The van der Waals surface area contributed by atoms with Crippen LogP contribution in [0.2, 0.25) is 0 Å². The van der Waals surface area contributed by atoms with Gasteiger partial charge in [-0.3, -0.25) is 0 Å². The number of hydrogen-bond acceptors (Lipinski definition) is 6. The largest absolute Gasteiger partial charge is 0.368 e. The number of hydrogen-bond donors (Lipinski definition) is 3. The summed E-state index contributed by atoms with van der Waals surface area (Å²) in [6.45, 7) is 0.